The summed E-state index contributed by atoms with van der Waals surface area (Å²) in [5, 5.41) is 1.98. The summed E-state index contributed by atoms with van der Waals surface area (Å²) in [6, 6.07) is 18.2. The highest BCUT2D eigenvalue weighted by atomic mass is 16.5. The van der Waals surface area contributed by atoms with Crippen molar-refractivity contribution >= 4 is 34.0 Å². The van der Waals surface area contributed by atoms with Crippen LogP contribution in [0.25, 0.3) is 21.8 Å². The predicted molar refractivity (Wildman–Crippen MR) is 130 cm³/mol. The number of fused-ring (bicyclic) bond motifs is 2. The number of para-hydroxylation sites is 2. The number of benzene rings is 3. The summed E-state index contributed by atoms with van der Waals surface area (Å²) in [4.78, 5) is 12.2. The molecule has 4 aromatic rings. The summed E-state index contributed by atoms with van der Waals surface area (Å²) in [7, 11) is 3.37. The molecule has 1 aliphatic rings. The summed E-state index contributed by atoms with van der Waals surface area (Å²) in [6.07, 6.45) is 4.47. The van der Waals surface area contributed by atoms with E-state index in [2.05, 4.69) is 21.6 Å². The summed E-state index contributed by atoms with van der Waals surface area (Å²) >= 11 is 0. The van der Waals surface area contributed by atoms with Gasteiger partial charge in [0, 0.05) is 35.6 Å². The van der Waals surface area contributed by atoms with Gasteiger partial charge in [-0.1, -0.05) is 24.3 Å². The molecule has 0 N–H and O–H groups in total. The SMILES string of the molecule is COc1ccc(C=Nc2nc3ccccc3n2CCN2CCCC2)c2c(OC)cccc12. The van der Waals surface area contributed by atoms with Crippen molar-refractivity contribution in [3.63, 3.8) is 0 Å². The van der Waals surface area contributed by atoms with Gasteiger partial charge in [-0.3, -0.25) is 0 Å². The molecule has 5 rings (SSSR count). The first-order chi connectivity index (χ1) is 15.8. The molecule has 1 aliphatic heterocycles. The lowest BCUT2D eigenvalue weighted by Crippen LogP contribution is -2.24. The molecule has 0 bridgehead atoms. The molecule has 0 unspecified atom stereocenters. The zero-order chi connectivity index (χ0) is 21.9. The van der Waals surface area contributed by atoms with Gasteiger partial charge in [-0.05, 0) is 56.3 Å². The normalized spacial score (nSPS) is 14.7. The van der Waals surface area contributed by atoms with Gasteiger partial charge in [0.25, 0.3) is 0 Å². The molecule has 32 heavy (non-hydrogen) atoms. The third kappa shape index (κ3) is 3.82. The average Bonchev–Trinajstić information content (AvgIpc) is 3.48. The second-order valence-electron chi connectivity index (χ2n) is 8.10. The number of aliphatic imine (C=N–C) groups is 1. The van der Waals surface area contributed by atoms with E-state index in [1.807, 2.05) is 48.7 Å². The topological polar surface area (TPSA) is 51.9 Å². The Morgan fingerprint density at radius 3 is 2.53 bits per heavy atom. The fraction of sp³-hybridized carbons (Fsp3) is 0.308. The Kier molecular flexibility index (Phi) is 5.77. The first-order valence-corrected chi connectivity index (χ1v) is 11.1. The molecule has 0 spiro atoms. The maximum atomic E-state index is 5.64. The Morgan fingerprint density at radius 1 is 0.906 bits per heavy atom. The summed E-state index contributed by atoms with van der Waals surface area (Å²) in [5.41, 5.74) is 3.06. The van der Waals surface area contributed by atoms with Gasteiger partial charge in [-0.25, -0.2) is 9.98 Å². The molecule has 0 amide bonds. The number of likely N-dealkylation sites (tertiary alicyclic amines) is 1. The molecule has 6 heteroatoms. The number of hydrogen-bond donors (Lipinski definition) is 0. The molecule has 0 atom stereocenters. The molecule has 1 fully saturated rings. The molecule has 1 aromatic heterocycles. The van der Waals surface area contributed by atoms with Crippen LogP contribution in [0.1, 0.15) is 18.4 Å². The molecular formula is C26H28N4O2. The average molecular weight is 429 g/mol. The van der Waals surface area contributed by atoms with E-state index >= 15 is 0 Å². The lowest BCUT2D eigenvalue weighted by Gasteiger charge is -2.15. The molecule has 0 aliphatic carbocycles. The van der Waals surface area contributed by atoms with Crippen LogP contribution >= 0.6 is 0 Å². The number of rotatable bonds is 7. The number of ether oxygens (including phenoxy) is 2. The van der Waals surface area contributed by atoms with Crippen molar-refractivity contribution in [2.45, 2.75) is 19.4 Å². The quantitative estimate of drug-likeness (QED) is 0.387. The Bertz CT molecular complexity index is 1270. The predicted octanol–water partition coefficient (Wildman–Crippen LogP) is 5.05. The van der Waals surface area contributed by atoms with Crippen LogP contribution in [-0.4, -0.2) is 54.5 Å². The molecule has 164 valence electrons. The Labute approximate surface area is 188 Å². The number of methoxy groups -OCH3 is 2. The number of imidazole rings is 1. The summed E-state index contributed by atoms with van der Waals surface area (Å²) in [5.74, 6) is 2.34. The van der Waals surface area contributed by atoms with Crippen LogP contribution in [0, 0.1) is 0 Å². The van der Waals surface area contributed by atoms with Crippen molar-refractivity contribution in [3.8, 4) is 11.5 Å². The highest BCUT2D eigenvalue weighted by molar-refractivity contribution is 6.06. The second kappa shape index (κ2) is 9.01. The van der Waals surface area contributed by atoms with Crippen LogP contribution in [0.5, 0.6) is 11.5 Å². The van der Waals surface area contributed by atoms with E-state index in [0.717, 1.165) is 57.9 Å². The first kappa shape index (κ1) is 20.5. The van der Waals surface area contributed by atoms with Crippen molar-refractivity contribution < 1.29 is 9.47 Å². The Hall–Kier alpha value is -3.38. The maximum absolute atomic E-state index is 5.64. The molecular weight excluding hydrogens is 400 g/mol. The van der Waals surface area contributed by atoms with Crippen LogP contribution in [-0.2, 0) is 6.54 Å². The van der Waals surface area contributed by atoms with E-state index in [1.54, 1.807) is 14.2 Å². The zero-order valence-corrected chi connectivity index (χ0v) is 18.6. The van der Waals surface area contributed by atoms with E-state index in [9.17, 15) is 0 Å². The minimum Gasteiger partial charge on any atom is -0.496 e. The van der Waals surface area contributed by atoms with Crippen LogP contribution in [0.15, 0.2) is 59.6 Å². The number of nitrogens with zero attached hydrogens (tertiary/aromatic N) is 4. The van der Waals surface area contributed by atoms with Gasteiger partial charge < -0.3 is 18.9 Å². The fourth-order valence-corrected chi connectivity index (χ4v) is 4.59. The Balaban J connectivity index is 1.55. The molecule has 1 saturated heterocycles. The van der Waals surface area contributed by atoms with Gasteiger partial charge >= 0.3 is 0 Å². The fourth-order valence-electron chi connectivity index (χ4n) is 4.59. The van der Waals surface area contributed by atoms with Gasteiger partial charge in [0.15, 0.2) is 0 Å². The van der Waals surface area contributed by atoms with Crippen molar-refractivity contribution in [2.24, 2.45) is 4.99 Å². The highest BCUT2D eigenvalue weighted by Gasteiger charge is 2.15. The van der Waals surface area contributed by atoms with Crippen LogP contribution < -0.4 is 9.47 Å². The van der Waals surface area contributed by atoms with Crippen LogP contribution in [0.3, 0.4) is 0 Å². The van der Waals surface area contributed by atoms with Crippen LogP contribution in [0.2, 0.25) is 0 Å². The highest BCUT2D eigenvalue weighted by Crippen LogP contribution is 2.34. The Morgan fingerprint density at radius 2 is 1.72 bits per heavy atom. The minimum absolute atomic E-state index is 0.726. The van der Waals surface area contributed by atoms with Gasteiger partial charge in [-0.15, -0.1) is 0 Å². The smallest absolute Gasteiger partial charge is 0.230 e. The van der Waals surface area contributed by atoms with Gasteiger partial charge in [0.05, 0.1) is 25.3 Å². The lowest BCUT2D eigenvalue weighted by molar-refractivity contribution is 0.325. The van der Waals surface area contributed by atoms with Crippen molar-refractivity contribution in [1.82, 2.24) is 14.5 Å². The van der Waals surface area contributed by atoms with E-state index < -0.39 is 0 Å². The van der Waals surface area contributed by atoms with Crippen molar-refractivity contribution in [2.75, 3.05) is 33.9 Å². The summed E-state index contributed by atoms with van der Waals surface area (Å²) in [6.45, 7) is 4.26. The molecule has 0 radical (unpaired) electrons. The van der Waals surface area contributed by atoms with Gasteiger partial charge in [0.2, 0.25) is 5.95 Å². The number of hydrogen-bond acceptors (Lipinski definition) is 5. The second-order valence-corrected chi connectivity index (χ2v) is 8.10. The zero-order valence-electron chi connectivity index (χ0n) is 18.6. The third-order valence-corrected chi connectivity index (χ3v) is 6.23. The van der Waals surface area contributed by atoms with E-state index in [1.165, 1.54) is 25.9 Å². The van der Waals surface area contributed by atoms with Gasteiger partial charge in [-0.2, -0.15) is 0 Å². The first-order valence-electron chi connectivity index (χ1n) is 11.1. The van der Waals surface area contributed by atoms with E-state index in [-0.39, 0.29) is 0 Å². The number of aromatic nitrogens is 2. The van der Waals surface area contributed by atoms with Crippen molar-refractivity contribution in [1.29, 1.82) is 0 Å². The van der Waals surface area contributed by atoms with E-state index in [4.69, 9.17) is 19.5 Å². The minimum atomic E-state index is 0.726. The molecule has 6 nitrogen and oxygen atoms in total. The lowest BCUT2D eigenvalue weighted by atomic mass is 10.0. The van der Waals surface area contributed by atoms with Crippen LogP contribution in [0.4, 0.5) is 5.95 Å². The monoisotopic (exact) mass is 428 g/mol. The standard InChI is InChI=1S/C26H28N4O2/c1-31-23-13-12-19(25-20(23)8-7-11-24(25)32-2)18-27-26-28-21-9-3-4-10-22(21)30(26)17-16-29-14-5-6-15-29/h3-4,7-13,18H,5-6,14-17H2,1-2H3. The van der Waals surface area contributed by atoms with E-state index in [0.29, 0.717) is 0 Å². The van der Waals surface area contributed by atoms with Crippen molar-refractivity contribution in [3.05, 3.63) is 60.2 Å². The molecule has 3 aromatic carbocycles. The largest absolute Gasteiger partial charge is 0.496 e. The maximum Gasteiger partial charge on any atom is 0.230 e. The summed E-state index contributed by atoms with van der Waals surface area (Å²) < 4.78 is 13.4. The molecule has 0 saturated carbocycles. The third-order valence-electron chi connectivity index (χ3n) is 6.23. The van der Waals surface area contributed by atoms with Gasteiger partial charge in [0.1, 0.15) is 11.5 Å². The molecule has 2 heterocycles.